The highest BCUT2D eigenvalue weighted by Crippen LogP contribution is 2.28. The molecule has 1 aromatic heterocycles. The number of hydrogen-bond acceptors (Lipinski definition) is 5. The van der Waals surface area contributed by atoms with Gasteiger partial charge in [0.25, 0.3) is 0 Å². The minimum atomic E-state index is -0.0533. The summed E-state index contributed by atoms with van der Waals surface area (Å²) in [6, 6.07) is 0. The summed E-state index contributed by atoms with van der Waals surface area (Å²) >= 11 is 1.54. The molecule has 5 heteroatoms. The van der Waals surface area contributed by atoms with Crippen LogP contribution >= 0.6 is 11.3 Å². The maximum atomic E-state index is 9.18. The number of anilines is 1. The molecule has 15 heavy (non-hydrogen) atoms. The fourth-order valence-electron chi connectivity index (χ4n) is 2.02. The summed E-state index contributed by atoms with van der Waals surface area (Å²) in [5.74, 6) is 0.662. The van der Waals surface area contributed by atoms with E-state index in [1.807, 2.05) is 6.20 Å². The van der Waals surface area contributed by atoms with Crippen molar-refractivity contribution in [3.63, 3.8) is 0 Å². The Kier molecular flexibility index (Phi) is 3.23. The molecule has 0 bridgehead atoms. The van der Waals surface area contributed by atoms with Gasteiger partial charge in [-0.25, -0.2) is 4.98 Å². The molecule has 4 nitrogen and oxygen atoms in total. The predicted molar refractivity (Wildman–Crippen MR) is 61.6 cm³/mol. The lowest BCUT2D eigenvalue weighted by Crippen LogP contribution is -2.36. The molecule has 0 saturated heterocycles. The van der Waals surface area contributed by atoms with Crippen molar-refractivity contribution in [1.82, 2.24) is 9.88 Å². The van der Waals surface area contributed by atoms with Crippen molar-refractivity contribution in [3.8, 4) is 0 Å². The van der Waals surface area contributed by atoms with Crippen LogP contribution in [0, 0.1) is 5.92 Å². The third-order valence-corrected chi connectivity index (χ3v) is 3.59. The van der Waals surface area contributed by atoms with Gasteiger partial charge >= 0.3 is 0 Å². The molecule has 1 aliphatic rings. The Labute approximate surface area is 93.7 Å². The molecule has 1 heterocycles. The molecule has 84 valence electrons. The Morgan fingerprint density at radius 1 is 1.67 bits per heavy atom. The van der Waals surface area contributed by atoms with Crippen LogP contribution in [-0.2, 0) is 6.54 Å². The molecule has 0 aliphatic heterocycles. The molecule has 1 aromatic rings. The van der Waals surface area contributed by atoms with Gasteiger partial charge in [-0.2, -0.15) is 0 Å². The van der Waals surface area contributed by atoms with Gasteiger partial charge in [0.1, 0.15) is 0 Å². The fourth-order valence-corrected chi connectivity index (χ4v) is 2.78. The maximum absolute atomic E-state index is 9.18. The Morgan fingerprint density at radius 2 is 2.40 bits per heavy atom. The minimum Gasteiger partial charge on any atom is -0.393 e. The molecule has 0 spiro atoms. The van der Waals surface area contributed by atoms with Gasteiger partial charge < -0.3 is 15.7 Å². The van der Waals surface area contributed by atoms with Crippen LogP contribution in [0.25, 0.3) is 0 Å². The zero-order valence-corrected chi connectivity index (χ0v) is 9.70. The largest absolute Gasteiger partial charge is 0.393 e. The van der Waals surface area contributed by atoms with Gasteiger partial charge in [-0.1, -0.05) is 0 Å². The normalized spacial score (nSPS) is 25.5. The highest BCUT2D eigenvalue weighted by atomic mass is 32.1. The zero-order valence-electron chi connectivity index (χ0n) is 8.89. The summed E-state index contributed by atoms with van der Waals surface area (Å²) in [6.45, 7) is 1.95. The van der Waals surface area contributed by atoms with Crippen LogP contribution in [0.4, 0.5) is 5.13 Å². The lowest BCUT2D eigenvalue weighted by molar-refractivity contribution is 0.0275. The maximum Gasteiger partial charge on any atom is 0.180 e. The number of aliphatic hydroxyl groups excluding tert-OH is 1. The zero-order chi connectivity index (χ0) is 10.8. The van der Waals surface area contributed by atoms with E-state index in [4.69, 9.17) is 5.73 Å². The molecule has 0 aromatic carbocycles. The van der Waals surface area contributed by atoms with Gasteiger partial charge in [0, 0.05) is 24.2 Å². The van der Waals surface area contributed by atoms with E-state index in [9.17, 15) is 5.11 Å². The molecule has 0 amide bonds. The first-order valence-corrected chi connectivity index (χ1v) is 6.02. The third-order valence-electron chi connectivity index (χ3n) is 2.78. The first-order valence-electron chi connectivity index (χ1n) is 5.20. The van der Waals surface area contributed by atoms with E-state index in [0.717, 1.165) is 25.9 Å². The van der Waals surface area contributed by atoms with Gasteiger partial charge in [0.05, 0.1) is 6.10 Å². The van der Waals surface area contributed by atoms with E-state index in [2.05, 4.69) is 16.9 Å². The monoisotopic (exact) mass is 227 g/mol. The van der Waals surface area contributed by atoms with E-state index in [1.54, 1.807) is 11.3 Å². The van der Waals surface area contributed by atoms with Crippen LogP contribution in [0.2, 0.25) is 0 Å². The van der Waals surface area contributed by atoms with Gasteiger partial charge in [-0.05, 0) is 25.8 Å². The van der Waals surface area contributed by atoms with E-state index < -0.39 is 0 Å². The highest BCUT2D eigenvalue weighted by molar-refractivity contribution is 7.15. The lowest BCUT2D eigenvalue weighted by Gasteiger charge is -2.34. The summed E-state index contributed by atoms with van der Waals surface area (Å²) in [5, 5.41) is 9.82. The van der Waals surface area contributed by atoms with E-state index in [1.165, 1.54) is 4.88 Å². The van der Waals surface area contributed by atoms with Crippen LogP contribution < -0.4 is 5.73 Å². The Hall–Kier alpha value is -0.650. The summed E-state index contributed by atoms with van der Waals surface area (Å²) in [5.41, 5.74) is 5.57. The first kappa shape index (κ1) is 10.9. The molecule has 0 radical (unpaired) electrons. The van der Waals surface area contributed by atoms with Crippen molar-refractivity contribution in [2.45, 2.75) is 25.5 Å². The van der Waals surface area contributed by atoms with Crippen LogP contribution in [0.5, 0.6) is 0 Å². The number of aliphatic hydroxyl groups is 1. The summed E-state index contributed by atoms with van der Waals surface area (Å²) in [6.07, 6.45) is 3.69. The van der Waals surface area contributed by atoms with Crippen molar-refractivity contribution in [2.24, 2.45) is 5.92 Å². The second kappa shape index (κ2) is 4.47. The molecular formula is C10H17N3OS. The smallest absolute Gasteiger partial charge is 0.180 e. The molecule has 0 unspecified atom stereocenters. The number of thiazole rings is 1. The van der Waals surface area contributed by atoms with Crippen molar-refractivity contribution in [1.29, 1.82) is 0 Å². The quantitative estimate of drug-likeness (QED) is 0.803. The Balaban J connectivity index is 1.75. The molecule has 2 rings (SSSR count). The lowest BCUT2D eigenvalue weighted by atomic mass is 9.82. The van der Waals surface area contributed by atoms with Crippen molar-refractivity contribution in [2.75, 3.05) is 19.3 Å². The van der Waals surface area contributed by atoms with E-state index in [-0.39, 0.29) is 6.10 Å². The van der Waals surface area contributed by atoms with Crippen LogP contribution in [0.15, 0.2) is 6.20 Å². The van der Waals surface area contributed by atoms with E-state index >= 15 is 0 Å². The molecule has 1 saturated carbocycles. The standard InChI is InChI=1S/C10H17N3OS/c1-13(5-7-2-8(14)3-7)6-9-4-12-10(11)15-9/h4,7-8,14H,2-3,5-6H2,1H3,(H2,11,12). The van der Waals surface area contributed by atoms with E-state index in [0.29, 0.717) is 11.0 Å². The Bertz CT molecular complexity index is 322. The fraction of sp³-hybridized carbons (Fsp3) is 0.700. The highest BCUT2D eigenvalue weighted by Gasteiger charge is 2.27. The third kappa shape index (κ3) is 2.90. The topological polar surface area (TPSA) is 62.4 Å². The van der Waals surface area contributed by atoms with Crippen LogP contribution in [-0.4, -0.2) is 34.7 Å². The SMILES string of the molecule is CN(Cc1cnc(N)s1)CC1CC(O)C1. The molecule has 1 fully saturated rings. The summed E-state index contributed by atoms with van der Waals surface area (Å²) in [7, 11) is 2.10. The number of nitrogens with two attached hydrogens (primary N) is 1. The van der Waals surface area contributed by atoms with Crippen LogP contribution in [0.3, 0.4) is 0 Å². The Morgan fingerprint density at radius 3 is 2.93 bits per heavy atom. The van der Waals surface area contributed by atoms with Crippen LogP contribution in [0.1, 0.15) is 17.7 Å². The molecule has 1 aliphatic carbocycles. The number of nitrogen functional groups attached to an aromatic ring is 1. The van der Waals surface area contributed by atoms with Gasteiger partial charge in [-0.15, -0.1) is 11.3 Å². The van der Waals surface area contributed by atoms with Crippen molar-refractivity contribution < 1.29 is 5.11 Å². The van der Waals surface area contributed by atoms with Crippen molar-refractivity contribution in [3.05, 3.63) is 11.1 Å². The number of aromatic nitrogens is 1. The second-order valence-electron chi connectivity index (χ2n) is 4.35. The molecule has 3 N–H and O–H groups in total. The van der Waals surface area contributed by atoms with Gasteiger partial charge in [0.15, 0.2) is 5.13 Å². The molecule has 0 atom stereocenters. The average molecular weight is 227 g/mol. The number of hydrogen-bond donors (Lipinski definition) is 2. The predicted octanol–water partition coefficient (Wildman–Crippen LogP) is 0.928. The second-order valence-corrected chi connectivity index (χ2v) is 5.50. The van der Waals surface area contributed by atoms with Crippen molar-refractivity contribution >= 4 is 16.5 Å². The molecular weight excluding hydrogens is 210 g/mol. The number of rotatable bonds is 4. The number of nitrogens with zero attached hydrogens (tertiary/aromatic N) is 2. The first-order chi connectivity index (χ1) is 7.13. The minimum absolute atomic E-state index is 0.0533. The van der Waals surface area contributed by atoms with Gasteiger partial charge in [-0.3, -0.25) is 0 Å². The average Bonchev–Trinajstić information content (AvgIpc) is 2.48. The summed E-state index contributed by atoms with van der Waals surface area (Å²) in [4.78, 5) is 7.50. The summed E-state index contributed by atoms with van der Waals surface area (Å²) < 4.78 is 0. The van der Waals surface area contributed by atoms with Gasteiger partial charge in [0.2, 0.25) is 0 Å².